The second-order valence-electron chi connectivity index (χ2n) is 7.04. The summed E-state index contributed by atoms with van der Waals surface area (Å²) in [6.07, 6.45) is -0.204. The Balaban J connectivity index is 2.03. The molecule has 0 bridgehead atoms. The van der Waals surface area contributed by atoms with Gasteiger partial charge in [0.05, 0.1) is 0 Å². The molecule has 1 aromatic carbocycles. The van der Waals surface area contributed by atoms with E-state index < -0.39 is 29.6 Å². The molecule has 0 saturated heterocycles. The number of nitrogens with one attached hydrogen (secondary N) is 1. The Hall–Kier alpha value is -2.64. The first-order chi connectivity index (χ1) is 13.3. The van der Waals surface area contributed by atoms with Crippen LogP contribution in [-0.2, 0) is 9.59 Å². The molecule has 1 atom stereocenters. The quantitative estimate of drug-likeness (QED) is 0.780. The number of benzene rings is 1. The molecule has 8 heteroatoms. The summed E-state index contributed by atoms with van der Waals surface area (Å²) in [5.41, 5.74) is -2.95. The number of alkyl halides is 3. The lowest BCUT2D eigenvalue weighted by atomic mass is 9.88. The molecule has 1 aliphatic heterocycles. The summed E-state index contributed by atoms with van der Waals surface area (Å²) in [4.78, 5) is 30.2. The highest BCUT2D eigenvalue weighted by Crippen LogP contribution is 2.39. The first kappa shape index (κ1) is 20.1. The molecule has 1 aliphatic carbocycles. The maximum atomic E-state index is 14.1. The van der Waals surface area contributed by atoms with Gasteiger partial charge in [-0.25, -0.2) is 4.99 Å². The van der Waals surface area contributed by atoms with Gasteiger partial charge in [0.2, 0.25) is 5.91 Å². The zero-order chi connectivity index (χ0) is 20.4. The van der Waals surface area contributed by atoms with Crippen molar-refractivity contribution in [2.45, 2.75) is 43.9 Å². The normalized spacial score (nSPS) is 23.5. The number of carbonyl (C=O) groups is 2. The third-order valence-electron chi connectivity index (χ3n) is 5.12. The molecule has 1 N–H and O–H groups in total. The molecule has 150 valence electrons. The average Bonchev–Trinajstić information content (AvgIpc) is 2.97. The highest BCUT2D eigenvalue weighted by Gasteiger charge is 2.67. The van der Waals surface area contributed by atoms with Crippen molar-refractivity contribution in [3.8, 4) is 0 Å². The number of amides is 2. The van der Waals surface area contributed by atoms with E-state index in [2.05, 4.69) is 11.6 Å². The molecule has 3 rings (SSSR count). The van der Waals surface area contributed by atoms with E-state index in [0.717, 1.165) is 24.2 Å². The number of hydrogen-bond acceptors (Lipinski definition) is 3. The minimum atomic E-state index is -5.08. The van der Waals surface area contributed by atoms with E-state index in [1.54, 1.807) is 30.3 Å². The van der Waals surface area contributed by atoms with E-state index in [4.69, 9.17) is 0 Å². The van der Waals surface area contributed by atoms with Gasteiger partial charge >= 0.3 is 11.8 Å². The smallest absolute Gasteiger partial charge is 0.316 e. The van der Waals surface area contributed by atoms with Crippen LogP contribution in [0.4, 0.5) is 13.2 Å². The topological polar surface area (TPSA) is 61.8 Å². The van der Waals surface area contributed by atoms with Crippen molar-refractivity contribution in [3.05, 3.63) is 48.6 Å². The summed E-state index contributed by atoms with van der Waals surface area (Å²) in [6.45, 7) is 3.36. The van der Waals surface area contributed by atoms with Crippen molar-refractivity contribution in [2.24, 2.45) is 10.9 Å². The van der Waals surface area contributed by atoms with Crippen LogP contribution in [0.2, 0.25) is 0 Å². The lowest BCUT2D eigenvalue weighted by Crippen LogP contribution is -2.64. The molecule has 0 spiro atoms. The minimum absolute atomic E-state index is 0.133. The monoisotopic (exact) mass is 393 g/mol. The highest BCUT2D eigenvalue weighted by molar-refractivity contribution is 6.16. The fourth-order valence-corrected chi connectivity index (χ4v) is 3.65. The molecule has 28 heavy (non-hydrogen) atoms. The number of nitrogens with zero attached hydrogens (tertiary/aromatic N) is 2. The molecule has 1 aromatic rings. The van der Waals surface area contributed by atoms with Gasteiger partial charge < -0.3 is 5.32 Å². The first-order valence-corrected chi connectivity index (χ1v) is 9.27. The molecule has 1 fully saturated rings. The van der Waals surface area contributed by atoms with E-state index in [1.807, 2.05) is 5.32 Å². The lowest BCUT2D eigenvalue weighted by molar-refractivity contribution is -0.200. The second-order valence-corrected chi connectivity index (χ2v) is 7.04. The van der Waals surface area contributed by atoms with Crippen LogP contribution in [0.25, 0.3) is 0 Å². The maximum Gasteiger partial charge on any atom is 0.442 e. The molecule has 5 nitrogen and oxygen atoms in total. The Labute approximate surface area is 161 Å². The fraction of sp³-hybridized carbons (Fsp3) is 0.450. The highest BCUT2D eigenvalue weighted by atomic mass is 19.4. The Kier molecular flexibility index (Phi) is 5.58. The van der Waals surface area contributed by atoms with Crippen LogP contribution in [0.15, 0.2) is 48.0 Å². The Morgan fingerprint density at radius 3 is 2.46 bits per heavy atom. The predicted molar refractivity (Wildman–Crippen MR) is 98.4 cm³/mol. The standard InChI is InChI=1S/C20H22F3N3O2/c1-2-13-26-16(14-9-5-3-6-10-14)24-19(18(26)28,20(21,22)23)25-17(27)15-11-7-4-8-12-15/h2-3,5-6,9-10,15H,1,4,7-8,11-13H2,(H,25,27)/t19-/m0/s1. The molecule has 1 saturated carbocycles. The van der Waals surface area contributed by atoms with Crippen LogP contribution in [0.1, 0.15) is 37.7 Å². The molecule has 0 unspecified atom stereocenters. The number of aliphatic imine (C=N–C) groups is 1. The summed E-state index contributed by atoms with van der Waals surface area (Å²) in [5, 5.41) is 1.96. The van der Waals surface area contributed by atoms with Crippen molar-refractivity contribution < 1.29 is 22.8 Å². The summed E-state index contributed by atoms with van der Waals surface area (Å²) >= 11 is 0. The number of halogens is 3. The average molecular weight is 393 g/mol. The molecule has 0 radical (unpaired) electrons. The van der Waals surface area contributed by atoms with Gasteiger partial charge in [-0.05, 0) is 12.8 Å². The van der Waals surface area contributed by atoms with Crippen molar-refractivity contribution in [3.63, 3.8) is 0 Å². The molecule has 2 aliphatic rings. The fourth-order valence-electron chi connectivity index (χ4n) is 3.65. The van der Waals surface area contributed by atoms with Gasteiger partial charge in [-0.3, -0.25) is 14.5 Å². The van der Waals surface area contributed by atoms with Gasteiger partial charge in [0.1, 0.15) is 5.84 Å². The van der Waals surface area contributed by atoms with Crippen molar-refractivity contribution in [1.82, 2.24) is 10.2 Å². The summed E-state index contributed by atoms with van der Waals surface area (Å²) in [7, 11) is 0. The van der Waals surface area contributed by atoms with Crippen LogP contribution in [0.5, 0.6) is 0 Å². The van der Waals surface area contributed by atoms with Gasteiger partial charge in [0.25, 0.3) is 5.91 Å². The predicted octanol–water partition coefficient (Wildman–Crippen LogP) is 3.42. The summed E-state index contributed by atoms with van der Waals surface area (Å²) in [6, 6.07) is 8.13. The molecule has 0 aromatic heterocycles. The number of hydrogen-bond donors (Lipinski definition) is 1. The van der Waals surface area contributed by atoms with Crippen molar-refractivity contribution >= 4 is 17.6 Å². The molecule has 2 amide bonds. The summed E-state index contributed by atoms with van der Waals surface area (Å²) in [5.74, 6) is -2.76. The van der Waals surface area contributed by atoms with Crippen LogP contribution in [0.3, 0.4) is 0 Å². The van der Waals surface area contributed by atoms with Crippen LogP contribution < -0.4 is 5.32 Å². The van der Waals surface area contributed by atoms with Gasteiger partial charge in [-0.1, -0.05) is 55.7 Å². The molecular weight excluding hydrogens is 371 g/mol. The number of rotatable bonds is 5. The van der Waals surface area contributed by atoms with E-state index in [9.17, 15) is 22.8 Å². The van der Waals surface area contributed by atoms with E-state index in [1.165, 1.54) is 6.08 Å². The zero-order valence-electron chi connectivity index (χ0n) is 15.3. The Morgan fingerprint density at radius 1 is 1.25 bits per heavy atom. The van der Waals surface area contributed by atoms with Crippen LogP contribution in [-0.4, -0.2) is 40.9 Å². The van der Waals surface area contributed by atoms with Crippen molar-refractivity contribution in [2.75, 3.05) is 6.54 Å². The maximum absolute atomic E-state index is 14.1. The Morgan fingerprint density at radius 2 is 1.89 bits per heavy atom. The zero-order valence-corrected chi connectivity index (χ0v) is 15.3. The molecule has 1 heterocycles. The Bertz CT molecular complexity index is 786. The third kappa shape index (κ3) is 3.55. The van der Waals surface area contributed by atoms with E-state index >= 15 is 0 Å². The third-order valence-corrected chi connectivity index (χ3v) is 5.12. The number of amidine groups is 1. The van der Waals surface area contributed by atoms with Gasteiger partial charge in [0.15, 0.2) is 0 Å². The minimum Gasteiger partial charge on any atom is -0.316 e. The summed E-state index contributed by atoms with van der Waals surface area (Å²) < 4.78 is 42.3. The first-order valence-electron chi connectivity index (χ1n) is 9.27. The van der Waals surface area contributed by atoms with E-state index in [-0.39, 0.29) is 12.4 Å². The number of carbonyl (C=O) groups excluding carboxylic acids is 2. The SMILES string of the molecule is C=CCN1C(=O)[C@](NC(=O)C2CCCCC2)(C(F)(F)F)N=C1c1ccccc1. The van der Waals surface area contributed by atoms with Crippen molar-refractivity contribution in [1.29, 1.82) is 0 Å². The second kappa shape index (κ2) is 7.77. The molecular formula is C20H22F3N3O2. The van der Waals surface area contributed by atoms with Gasteiger partial charge in [-0.15, -0.1) is 6.58 Å². The van der Waals surface area contributed by atoms with E-state index in [0.29, 0.717) is 18.4 Å². The van der Waals surface area contributed by atoms with Crippen LogP contribution in [0, 0.1) is 5.92 Å². The largest absolute Gasteiger partial charge is 0.442 e. The van der Waals surface area contributed by atoms with Gasteiger partial charge in [0, 0.05) is 18.0 Å². The lowest BCUT2D eigenvalue weighted by Gasteiger charge is -2.31. The van der Waals surface area contributed by atoms with Crippen LogP contribution >= 0.6 is 0 Å². The van der Waals surface area contributed by atoms with Gasteiger partial charge in [-0.2, -0.15) is 13.2 Å².